The molecule has 1 aromatic rings. The number of nitrogens with zero attached hydrogens (tertiary/aromatic N) is 2. The molecule has 4 rings (SSSR count). The zero-order valence-electron chi connectivity index (χ0n) is 27.9. The topological polar surface area (TPSA) is 125 Å². The lowest BCUT2D eigenvalue weighted by atomic mass is 9.70. The van der Waals surface area contributed by atoms with Crippen LogP contribution in [-0.4, -0.2) is 87.6 Å². The van der Waals surface area contributed by atoms with Gasteiger partial charge in [0, 0.05) is 19.0 Å². The molecular weight excluding hydrogens is 586 g/mol. The van der Waals surface area contributed by atoms with Crippen LogP contribution in [0.15, 0.2) is 55.6 Å². The van der Waals surface area contributed by atoms with Crippen molar-refractivity contribution in [3.63, 3.8) is 0 Å². The summed E-state index contributed by atoms with van der Waals surface area (Å²) in [6.07, 6.45) is 4.08. The second-order valence-electron chi connectivity index (χ2n) is 13.6. The molecule has 0 saturated carbocycles. The van der Waals surface area contributed by atoms with Gasteiger partial charge in [-0.2, -0.15) is 0 Å². The van der Waals surface area contributed by atoms with E-state index in [4.69, 9.17) is 9.47 Å². The molecule has 3 saturated heterocycles. The smallest absolute Gasteiger partial charge is 0.313 e. The lowest BCUT2D eigenvalue weighted by Gasteiger charge is -2.40. The van der Waals surface area contributed by atoms with Gasteiger partial charge in [-0.25, -0.2) is 0 Å². The van der Waals surface area contributed by atoms with Crippen LogP contribution in [0.4, 0.5) is 0 Å². The van der Waals surface area contributed by atoms with Gasteiger partial charge in [0.05, 0.1) is 36.6 Å². The number of hydrogen-bond donors (Lipinski definition) is 2. The number of aliphatic hydroxyl groups excluding tert-OH is 1. The van der Waals surface area contributed by atoms with Gasteiger partial charge in [0.1, 0.15) is 17.7 Å². The third kappa shape index (κ3) is 6.79. The quantitative estimate of drug-likeness (QED) is 0.208. The molecule has 3 aliphatic heterocycles. The van der Waals surface area contributed by atoms with Crippen molar-refractivity contribution in [1.82, 2.24) is 15.1 Å². The number of hydrogen-bond acceptors (Lipinski definition) is 7. The summed E-state index contributed by atoms with van der Waals surface area (Å²) in [6.45, 7) is 17.1. The average Bonchev–Trinajstić information content (AvgIpc) is 3.67. The highest BCUT2D eigenvalue weighted by Gasteiger charge is 2.75. The fraction of sp³-hybridized carbons (Fsp3) is 0.611. The highest BCUT2D eigenvalue weighted by atomic mass is 16.6. The van der Waals surface area contributed by atoms with Gasteiger partial charge in [-0.1, -0.05) is 56.3 Å². The lowest BCUT2D eigenvalue weighted by Crippen LogP contribution is -2.59. The number of likely N-dealkylation sites (tertiary alicyclic amines) is 1. The highest BCUT2D eigenvalue weighted by molar-refractivity contribution is 5.98. The number of carbonyl (C=O) groups is 4. The van der Waals surface area contributed by atoms with Crippen molar-refractivity contribution in [2.24, 2.45) is 17.8 Å². The van der Waals surface area contributed by atoms with Gasteiger partial charge < -0.3 is 29.7 Å². The molecule has 1 spiro atoms. The number of carbonyl (C=O) groups excluding carboxylic acids is 4. The number of nitrogens with one attached hydrogen (secondary N) is 1. The molecule has 3 heterocycles. The number of amides is 3. The maximum Gasteiger partial charge on any atom is 0.313 e. The van der Waals surface area contributed by atoms with E-state index in [1.54, 1.807) is 24.0 Å². The zero-order chi connectivity index (χ0) is 33.8. The van der Waals surface area contributed by atoms with Crippen molar-refractivity contribution in [2.45, 2.75) is 109 Å². The molecule has 0 radical (unpaired) electrons. The van der Waals surface area contributed by atoms with Crippen molar-refractivity contribution in [3.8, 4) is 0 Å². The molecule has 10 heteroatoms. The third-order valence-corrected chi connectivity index (χ3v) is 9.61. The molecule has 3 amide bonds. The summed E-state index contributed by atoms with van der Waals surface area (Å²) in [5.74, 6) is -3.19. The molecule has 3 fully saturated rings. The molecule has 8 atom stereocenters. The Morgan fingerprint density at radius 3 is 2.43 bits per heavy atom. The number of ether oxygens (including phenoxy) is 2. The van der Waals surface area contributed by atoms with Crippen LogP contribution < -0.4 is 5.32 Å². The number of fused-ring (bicyclic) bond motifs is 1. The molecular formula is C36H51N3O7. The molecule has 10 nitrogen and oxygen atoms in total. The molecule has 0 unspecified atom stereocenters. The van der Waals surface area contributed by atoms with Crippen LogP contribution in [0, 0.1) is 17.8 Å². The Bertz CT molecular complexity index is 1280. The van der Waals surface area contributed by atoms with E-state index in [2.05, 4.69) is 18.5 Å². The Morgan fingerprint density at radius 2 is 1.85 bits per heavy atom. The largest absolute Gasteiger partial charge is 0.455 e. The van der Waals surface area contributed by atoms with Crippen LogP contribution in [-0.2, 0) is 28.7 Å². The summed E-state index contributed by atoms with van der Waals surface area (Å²) in [7, 11) is 0. The predicted molar refractivity (Wildman–Crippen MR) is 174 cm³/mol. The van der Waals surface area contributed by atoms with Crippen molar-refractivity contribution >= 4 is 23.7 Å². The van der Waals surface area contributed by atoms with Crippen LogP contribution in [0.25, 0.3) is 0 Å². The summed E-state index contributed by atoms with van der Waals surface area (Å²) >= 11 is 0. The van der Waals surface area contributed by atoms with Crippen LogP contribution in [0.3, 0.4) is 0 Å². The first-order valence-electron chi connectivity index (χ1n) is 16.6. The minimum absolute atomic E-state index is 0.140. The van der Waals surface area contributed by atoms with Gasteiger partial charge in [-0.3, -0.25) is 19.2 Å². The van der Waals surface area contributed by atoms with Crippen LogP contribution in [0.2, 0.25) is 0 Å². The summed E-state index contributed by atoms with van der Waals surface area (Å²) < 4.78 is 12.8. The highest BCUT2D eigenvalue weighted by Crippen LogP contribution is 2.59. The van der Waals surface area contributed by atoms with Crippen LogP contribution >= 0.6 is 0 Å². The summed E-state index contributed by atoms with van der Waals surface area (Å²) in [5, 5.41) is 13.5. The molecule has 46 heavy (non-hydrogen) atoms. The first-order valence-corrected chi connectivity index (χ1v) is 16.6. The van der Waals surface area contributed by atoms with Gasteiger partial charge >= 0.3 is 5.97 Å². The van der Waals surface area contributed by atoms with Crippen LogP contribution in [0.5, 0.6) is 0 Å². The first kappa shape index (κ1) is 35.4. The standard InChI is InChI=1S/C36H51N3O7/c1-8-10-16-28(41)37-24(7)31(25-14-12-11-13-15-25)45-35(44)29-27-17-18-36(46-27)30(29)33(42)39(26(21-40)20-22(3)4)32(36)34(43)38(19-9-2)23(5)6/h8-9,11-15,22-24,26-27,29-32,40H,1-2,10,16-21H2,3-7H3,(H,37,41)/t24-,26+,27+,29-,30-,31-,32+,36-/m0/s1. The number of benzene rings is 1. The van der Waals surface area contributed by atoms with Gasteiger partial charge in [-0.05, 0) is 57.9 Å². The molecule has 1 aromatic carbocycles. The molecule has 252 valence electrons. The number of rotatable bonds is 16. The van der Waals surface area contributed by atoms with Crippen molar-refractivity contribution in [2.75, 3.05) is 13.2 Å². The maximum absolute atomic E-state index is 14.5. The minimum Gasteiger partial charge on any atom is -0.455 e. The fourth-order valence-electron chi connectivity index (χ4n) is 7.64. The summed E-state index contributed by atoms with van der Waals surface area (Å²) in [4.78, 5) is 59.0. The zero-order valence-corrected chi connectivity index (χ0v) is 27.9. The van der Waals surface area contributed by atoms with Crippen molar-refractivity contribution in [3.05, 3.63) is 61.2 Å². The number of aliphatic hydroxyl groups is 1. The number of esters is 1. The van der Waals surface area contributed by atoms with Gasteiger partial charge in [0.15, 0.2) is 0 Å². The average molecular weight is 638 g/mol. The van der Waals surface area contributed by atoms with Gasteiger partial charge in [0.25, 0.3) is 0 Å². The van der Waals surface area contributed by atoms with E-state index in [9.17, 15) is 24.3 Å². The van der Waals surface area contributed by atoms with Crippen molar-refractivity contribution < 1.29 is 33.8 Å². The Labute approximate surface area is 273 Å². The monoisotopic (exact) mass is 637 g/mol. The first-order chi connectivity index (χ1) is 21.9. The SMILES string of the molecule is C=CCCC(=O)N[C@@H](C)[C@H](OC(=O)[C@@H]1[C@H]2C(=O)N([C@@H](CO)CC(C)C)[C@H](C(=O)N(CC=C)C(C)C)[C@]23CC[C@H]1O3)c1ccccc1. The maximum atomic E-state index is 14.5. The Morgan fingerprint density at radius 1 is 1.15 bits per heavy atom. The third-order valence-electron chi connectivity index (χ3n) is 9.61. The van der Waals surface area contributed by atoms with E-state index < -0.39 is 53.7 Å². The summed E-state index contributed by atoms with van der Waals surface area (Å²) in [5.41, 5.74) is -0.526. The van der Waals surface area contributed by atoms with Crippen LogP contribution in [0.1, 0.15) is 78.4 Å². The van der Waals surface area contributed by atoms with E-state index in [1.807, 2.05) is 58.0 Å². The van der Waals surface area contributed by atoms with E-state index in [-0.39, 0.29) is 49.3 Å². The van der Waals surface area contributed by atoms with Gasteiger partial charge in [-0.15, -0.1) is 13.2 Å². The Kier molecular flexibility index (Phi) is 11.5. The minimum atomic E-state index is -1.23. The van der Waals surface area contributed by atoms with E-state index in [0.717, 1.165) is 0 Å². The molecule has 0 aromatic heterocycles. The Hall–Kier alpha value is -3.50. The van der Waals surface area contributed by atoms with Gasteiger partial charge in [0.2, 0.25) is 17.7 Å². The molecule has 3 aliphatic rings. The second-order valence-corrected chi connectivity index (χ2v) is 13.6. The Balaban J connectivity index is 1.71. The molecule has 2 bridgehead atoms. The molecule has 0 aliphatic carbocycles. The van der Waals surface area contributed by atoms with E-state index >= 15 is 0 Å². The predicted octanol–water partition coefficient (Wildman–Crippen LogP) is 3.95. The number of allylic oxidation sites excluding steroid dienone is 1. The fourth-order valence-corrected chi connectivity index (χ4v) is 7.64. The summed E-state index contributed by atoms with van der Waals surface area (Å²) in [6, 6.07) is 6.82. The lowest BCUT2D eigenvalue weighted by molar-refractivity contribution is -0.163. The normalized spacial score (nSPS) is 26.9. The van der Waals surface area contributed by atoms with Crippen molar-refractivity contribution in [1.29, 1.82) is 0 Å². The van der Waals surface area contributed by atoms with E-state index in [1.165, 1.54) is 4.90 Å². The molecule has 2 N–H and O–H groups in total. The van der Waals surface area contributed by atoms with E-state index in [0.29, 0.717) is 31.2 Å². The second kappa shape index (κ2) is 14.9.